The fourth-order valence-corrected chi connectivity index (χ4v) is 2.82. The van der Waals surface area contributed by atoms with E-state index in [1.807, 2.05) is 31.2 Å². The molecule has 0 aliphatic heterocycles. The van der Waals surface area contributed by atoms with E-state index in [2.05, 4.69) is 20.4 Å². The van der Waals surface area contributed by atoms with Gasteiger partial charge in [-0.05, 0) is 19.1 Å². The van der Waals surface area contributed by atoms with Crippen molar-refractivity contribution in [3.63, 3.8) is 0 Å². The molecule has 0 spiro atoms. The van der Waals surface area contributed by atoms with Gasteiger partial charge in [-0.3, -0.25) is 5.10 Å². The highest BCUT2D eigenvalue weighted by atomic mass is 19.1. The van der Waals surface area contributed by atoms with Crippen LogP contribution in [0.2, 0.25) is 0 Å². The molecule has 0 aliphatic carbocycles. The summed E-state index contributed by atoms with van der Waals surface area (Å²) in [4.78, 5) is 0. The molecule has 124 valence electrons. The van der Waals surface area contributed by atoms with Crippen LogP contribution in [0.1, 0.15) is 5.56 Å². The molecule has 0 aliphatic rings. The first kappa shape index (κ1) is 15.2. The number of hydrogen-bond acceptors (Lipinski definition) is 4. The van der Waals surface area contributed by atoms with Crippen LogP contribution < -0.4 is 5.73 Å². The number of aromatic nitrogens is 4. The minimum Gasteiger partial charge on any atom is -0.383 e. The molecule has 4 aromatic rings. The first-order valence-corrected chi connectivity index (χ1v) is 7.58. The summed E-state index contributed by atoms with van der Waals surface area (Å²) >= 11 is 0. The number of aromatic amines is 1. The van der Waals surface area contributed by atoms with E-state index in [1.54, 1.807) is 0 Å². The number of nitrogen functional groups attached to an aromatic ring is 1. The summed E-state index contributed by atoms with van der Waals surface area (Å²) in [7, 11) is 0. The molecular weight excluding hydrogens is 324 g/mol. The van der Waals surface area contributed by atoms with Crippen LogP contribution in [0.3, 0.4) is 0 Å². The lowest BCUT2D eigenvalue weighted by Gasteiger charge is -2.12. The third-order valence-corrected chi connectivity index (χ3v) is 4.04. The Hall–Kier alpha value is -3.35. The van der Waals surface area contributed by atoms with Crippen molar-refractivity contribution in [3.05, 3.63) is 59.7 Å². The topological polar surface area (TPSA) is 80.5 Å². The summed E-state index contributed by atoms with van der Waals surface area (Å²) in [6, 6.07) is 11.1. The summed E-state index contributed by atoms with van der Waals surface area (Å²) < 4.78 is 29.0. The number of benzene rings is 2. The lowest BCUT2D eigenvalue weighted by atomic mass is 9.96. The summed E-state index contributed by atoms with van der Waals surface area (Å²) in [6.07, 6.45) is 0. The fourth-order valence-electron chi connectivity index (χ4n) is 2.82. The number of nitrogens with zero attached hydrogens (tertiary/aromatic N) is 3. The van der Waals surface area contributed by atoms with E-state index in [-0.39, 0.29) is 22.6 Å². The number of nitrogens with two attached hydrogens (primary N) is 1. The molecule has 25 heavy (non-hydrogen) atoms. The van der Waals surface area contributed by atoms with Gasteiger partial charge in [-0.15, -0.1) is 10.2 Å². The van der Waals surface area contributed by atoms with Crippen LogP contribution >= 0.6 is 0 Å². The van der Waals surface area contributed by atoms with Gasteiger partial charge >= 0.3 is 0 Å². The van der Waals surface area contributed by atoms with Crippen LogP contribution in [0.25, 0.3) is 33.4 Å². The molecule has 7 heteroatoms. The maximum absolute atomic E-state index is 14.5. The second-order valence-electron chi connectivity index (χ2n) is 5.72. The molecule has 0 saturated carbocycles. The molecule has 0 saturated heterocycles. The molecule has 0 amide bonds. The number of fused-ring (bicyclic) bond motifs is 1. The number of hydrogen-bond donors (Lipinski definition) is 2. The number of anilines is 1. The molecule has 5 nitrogen and oxygen atoms in total. The summed E-state index contributed by atoms with van der Waals surface area (Å²) in [5, 5.41) is 15.1. The van der Waals surface area contributed by atoms with E-state index in [0.717, 1.165) is 5.56 Å². The molecule has 4 rings (SSSR count). The summed E-state index contributed by atoms with van der Waals surface area (Å²) in [5.74, 6) is -1.23. The molecule has 2 aromatic carbocycles. The third kappa shape index (κ3) is 2.40. The van der Waals surface area contributed by atoms with Gasteiger partial charge in [-0.25, -0.2) is 8.78 Å². The minimum absolute atomic E-state index is 0.177. The zero-order valence-electron chi connectivity index (χ0n) is 13.2. The molecule has 2 aromatic heterocycles. The molecule has 3 N–H and O–H groups in total. The third-order valence-electron chi connectivity index (χ3n) is 4.04. The van der Waals surface area contributed by atoms with Crippen molar-refractivity contribution < 1.29 is 8.78 Å². The predicted octanol–water partition coefficient (Wildman–Crippen LogP) is 3.86. The first-order chi connectivity index (χ1) is 12.1. The molecule has 2 heterocycles. The van der Waals surface area contributed by atoms with Crippen LogP contribution in [0.5, 0.6) is 0 Å². The number of H-pyrrole nitrogens is 1. The quantitative estimate of drug-likeness (QED) is 0.582. The lowest BCUT2D eigenvalue weighted by Crippen LogP contribution is -1.99. The molecule has 0 atom stereocenters. The van der Waals surface area contributed by atoms with E-state index in [1.165, 1.54) is 18.2 Å². The molecule has 0 bridgehead atoms. The van der Waals surface area contributed by atoms with Crippen molar-refractivity contribution >= 4 is 16.9 Å². The van der Waals surface area contributed by atoms with Crippen molar-refractivity contribution in [2.75, 3.05) is 5.73 Å². The van der Waals surface area contributed by atoms with E-state index in [9.17, 15) is 8.78 Å². The Labute approximate surface area is 141 Å². The Morgan fingerprint density at radius 2 is 1.60 bits per heavy atom. The van der Waals surface area contributed by atoms with Gasteiger partial charge in [0, 0.05) is 11.1 Å². The zero-order valence-corrected chi connectivity index (χ0v) is 13.2. The van der Waals surface area contributed by atoms with Gasteiger partial charge in [-0.2, -0.15) is 5.10 Å². The van der Waals surface area contributed by atoms with Crippen molar-refractivity contribution in [2.45, 2.75) is 6.92 Å². The Bertz CT molecular complexity index is 1070. The zero-order chi connectivity index (χ0) is 17.6. The standard InChI is InChI=1S/C18H13F2N5/c1-9-5-7-10(8-6-9)16-14(13-11(19)3-2-4-12(13)20)15-17(21)23-25-18(15)24-22-16/h2-8H,1H3,(H3,21,23,24,25). The van der Waals surface area contributed by atoms with E-state index >= 15 is 0 Å². The van der Waals surface area contributed by atoms with Gasteiger partial charge < -0.3 is 5.73 Å². The van der Waals surface area contributed by atoms with E-state index in [0.29, 0.717) is 16.6 Å². The predicted molar refractivity (Wildman–Crippen MR) is 91.6 cm³/mol. The fraction of sp³-hybridized carbons (Fsp3) is 0.0556. The largest absolute Gasteiger partial charge is 0.383 e. The van der Waals surface area contributed by atoms with E-state index in [4.69, 9.17) is 5.73 Å². The normalized spacial score (nSPS) is 11.2. The van der Waals surface area contributed by atoms with Crippen LogP contribution in [-0.2, 0) is 0 Å². The lowest BCUT2D eigenvalue weighted by molar-refractivity contribution is 0.590. The second-order valence-corrected chi connectivity index (χ2v) is 5.72. The maximum atomic E-state index is 14.5. The number of aryl methyl sites for hydroxylation is 1. The van der Waals surface area contributed by atoms with Crippen LogP contribution in [-0.4, -0.2) is 20.4 Å². The molecule has 0 unspecified atom stereocenters. The van der Waals surface area contributed by atoms with Crippen molar-refractivity contribution in [1.82, 2.24) is 20.4 Å². The monoisotopic (exact) mass is 337 g/mol. The molecule has 0 fully saturated rings. The van der Waals surface area contributed by atoms with E-state index < -0.39 is 11.6 Å². The average molecular weight is 337 g/mol. The van der Waals surface area contributed by atoms with Gasteiger partial charge in [0.05, 0.1) is 10.9 Å². The highest BCUT2D eigenvalue weighted by Gasteiger charge is 2.23. The van der Waals surface area contributed by atoms with Gasteiger partial charge in [0.1, 0.15) is 23.1 Å². The van der Waals surface area contributed by atoms with Crippen molar-refractivity contribution in [1.29, 1.82) is 0 Å². The van der Waals surface area contributed by atoms with Crippen LogP contribution in [0.15, 0.2) is 42.5 Å². The van der Waals surface area contributed by atoms with Crippen LogP contribution in [0, 0.1) is 18.6 Å². The maximum Gasteiger partial charge on any atom is 0.205 e. The Morgan fingerprint density at radius 3 is 2.28 bits per heavy atom. The molecule has 0 radical (unpaired) electrons. The highest BCUT2D eigenvalue weighted by Crippen LogP contribution is 2.39. The SMILES string of the molecule is Cc1ccc(-c2nnc3n[nH]c(N)c3c2-c2c(F)cccc2F)cc1. The first-order valence-electron chi connectivity index (χ1n) is 7.58. The Morgan fingerprint density at radius 1 is 0.920 bits per heavy atom. The second kappa shape index (κ2) is 5.62. The Kier molecular flexibility index (Phi) is 3.42. The van der Waals surface area contributed by atoms with Crippen molar-refractivity contribution in [2.24, 2.45) is 0 Å². The number of nitrogens with one attached hydrogen (secondary N) is 1. The summed E-state index contributed by atoms with van der Waals surface area (Å²) in [6.45, 7) is 1.95. The number of halogens is 2. The van der Waals surface area contributed by atoms with Crippen LogP contribution in [0.4, 0.5) is 14.6 Å². The number of rotatable bonds is 2. The minimum atomic E-state index is -0.705. The average Bonchev–Trinajstić information content (AvgIpc) is 2.97. The smallest absolute Gasteiger partial charge is 0.205 e. The van der Waals surface area contributed by atoms with Gasteiger partial charge in [0.2, 0.25) is 5.65 Å². The highest BCUT2D eigenvalue weighted by molar-refractivity contribution is 6.04. The van der Waals surface area contributed by atoms with Crippen molar-refractivity contribution in [3.8, 4) is 22.4 Å². The van der Waals surface area contributed by atoms with Gasteiger partial charge in [0.25, 0.3) is 0 Å². The Balaban J connectivity index is 2.14. The molecular formula is C18H13F2N5. The van der Waals surface area contributed by atoms with Gasteiger partial charge in [0.15, 0.2) is 0 Å². The summed E-state index contributed by atoms with van der Waals surface area (Å²) in [5.41, 5.74) is 8.26. The van der Waals surface area contributed by atoms with Gasteiger partial charge in [-0.1, -0.05) is 35.9 Å².